The Morgan fingerprint density at radius 2 is 2.00 bits per heavy atom. The lowest BCUT2D eigenvalue weighted by atomic mass is 10.1. The minimum absolute atomic E-state index is 0.0188. The predicted molar refractivity (Wildman–Crippen MR) is 112 cm³/mol. The summed E-state index contributed by atoms with van der Waals surface area (Å²) < 4.78 is 11.5. The first-order chi connectivity index (χ1) is 13.9. The van der Waals surface area contributed by atoms with Crippen molar-refractivity contribution < 1.29 is 19.1 Å². The summed E-state index contributed by atoms with van der Waals surface area (Å²) in [5.41, 5.74) is 1.35. The highest BCUT2D eigenvalue weighted by Gasteiger charge is 2.23. The van der Waals surface area contributed by atoms with Crippen LogP contribution in [0.5, 0.6) is 11.5 Å². The topological polar surface area (TPSA) is 80.8 Å². The Kier molecular flexibility index (Phi) is 6.74. The van der Waals surface area contributed by atoms with Crippen LogP contribution in [0.15, 0.2) is 23.6 Å². The third-order valence-electron chi connectivity index (χ3n) is 5.03. The molecule has 2 amide bonds. The summed E-state index contributed by atoms with van der Waals surface area (Å²) in [6, 6.07) is 4.99. The standard InChI is InChI=1S/C21H27N3O4S/c1-13(18-12-29-14(2)23-18)22-21(26)16-5-6-19(27-4)20(11-16)28-17-7-9-24(10-8-17)15(3)25/h5-6,11-13,17H,7-10H2,1-4H3,(H,22,26)/t13-/m0/s1. The molecule has 0 radical (unpaired) electrons. The van der Waals surface area contributed by atoms with Crippen LogP contribution in [0, 0.1) is 6.92 Å². The molecule has 0 unspecified atom stereocenters. The Labute approximate surface area is 175 Å². The molecule has 0 spiro atoms. The van der Waals surface area contributed by atoms with Gasteiger partial charge < -0.3 is 19.7 Å². The number of amides is 2. The van der Waals surface area contributed by atoms with E-state index in [1.54, 1.807) is 43.6 Å². The summed E-state index contributed by atoms with van der Waals surface area (Å²) in [6.45, 7) is 6.78. The maximum absolute atomic E-state index is 12.7. The van der Waals surface area contributed by atoms with E-state index >= 15 is 0 Å². The number of nitrogens with one attached hydrogen (secondary N) is 1. The molecule has 2 heterocycles. The molecule has 1 atom stereocenters. The molecule has 0 aliphatic carbocycles. The molecule has 1 aliphatic rings. The molecule has 3 rings (SSSR count). The van der Waals surface area contributed by atoms with Crippen molar-refractivity contribution in [2.75, 3.05) is 20.2 Å². The van der Waals surface area contributed by atoms with E-state index in [2.05, 4.69) is 10.3 Å². The van der Waals surface area contributed by atoms with Crippen molar-refractivity contribution in [1.82, 2.24) is 15.2 Å². The van der Waals surface area contributed by atoms with Crippen LogP contribution in [0.1, 0.15) is 53.8 Å². The van der Waals surface area contributed by atoms with Crippen molar-refractivity contribution in [3.05, 3.63) is 39.8 Å². The summed E-state index contributed by atoms with van der Waals surface area (Å²) >= 11 is 1.56. The zero-order chi connectivity index (χ0) is 21.0. The summed E-state index contributed by atoms with van der Waals surface area (Å²) in [4.78, 5) is 30.5. The first-order valence-corrected chi connectivity index (χ1v) is 10.6. The van der Waals surface area contributed by atoms with E-state index in [1.165, 1.54) is 0 Å². The van der Waals surface area contributed by atoms with E-state index in [-0.39, 0.29) is 24.0 Å². The number of hydrogen-bond donors (Lipinski definition) is 1. The van der Waals surface area contributed by atoms with Gasteiger partial charge in [-0.05, 0) is 32.0 Å². The molecular formula is C21H27N3O4S. The molecule has 2 aromatic rings. The van der Waals surface area contributed by atoms with Crippen LogP contribution in [0.3, 0.4) is 0 Å². The summed E-state index contributed by atoms with van der Waals surface area (Å²) in [6.07, 6.45) is 1.48. The molecular weight excluding hydrogens is 390 g/mol. The fourth-order valence-electron chi connectivity index (χ4n) is 3.31. The largest absolute Gasteiger partial charge is 0.493 e. The number of carbonyl (C=O) groups is 2. The molecule has 7 nitrogen and oxygen atoms in total. The van der Waals surface area contributed by atoms with E-state index in [1.807, 2.05) is 24.1 Å². The van der Waals surface area contributed by atoms with Crippen LogP contribution in [-0.2, 0) is 4.79 Å². The highest BCUT2D eigenvalue weighted by Crippen LogP contribution is 2.31. The van der Waals surface area contributed by atoms with E-state index in [0.717, 1.165) is 23.5 Å². The van der Waals surface area contributed by atoms with Crippen molar-refractivity contribution in [3.63, 3.8) is 0 Å². The third-order valence-corrected chi connectivity index (χ3v) is 5.83. The van der Waals surface area contributed by atoms with Crippen molar-refractivity contribution >= 4 is 23.2 Å². The van der Waals surface area contributed by atoms with Gasteiger partial charge in [0.25, 0.3) is 5.91 Å². The average molecular weight is 418 g/mol. The van der Waals surface area contributed by atoms with Gasteiger partial charge in [-0.2, -0.15) is 0 Å². The Bertz CT molecular complexity index is 875. The molecule has 0 bridgehead atoms. The lowest BCUT2D eigenvalue weighted by Gasteiger charge is -2.31. The number of thiazole rings is 1. The molecule has 1 fully saturated rings. The van der Waals surface area contributed by atoms with E-state index in [0.29, 0.717) is 30.2 Å². The van der Waals surface area contributed by atoms with Gasteiger partial charge in [-0.15, -0.1) is 11.3 Å². The van der Waals surface area contributed by atoms with Crippen molar-refractivity contribution in [1.29, 1.82) is 0 Å². The van der Waals surface area contributed by atoms with Gasteiger partial charge in [0.2, 0.25) is 5.91 Å². The van der Waals surface area contributed by atoms with E-state index in [4.69, 9.17) is 9.47 Å². The third kappa shape index (κ3) is 5.26. The molecule has 1 aromatic heterocycles. The van der Waals surface area contributed by atoms with Crippen molar-refractivity contribution in [2.45, 2.75) is 45.8 Å². The number of likely N-dealkylation sites (tertiary alicyclic amines) is 1. The Hall–Kier alpha value is -2.61. The molecule has 29 heavy (non-hydrogen) atoms. The van der Waals surface area contributed by atoms with Crippen LogP contribution >= 0.6 is 11.3 Å². The van der Waals surface area contributed by atoms with Gasteiger partial charge in [-0.3, -0.25) is 9.59 Å². The maximum atomic E-state index is 12.7. The van der Waals surface area contributed by atoms with Crippen LogP contribution in [0.2, 0.25) is 0 Å². The second-order valence-electron chi connectivity index (χ2n) is 7.18. The number of aromatic nitrogens is 1. The fourth-order valence-corrected chi connectivity index (χ4v) is 4.02. The van der Waals surface area contributed by atoms with E-state index < -0.39 is 0 Å². The van der Waals surface area contributed by atoms with Crippen LogP contribution in [0.4, 0.5) is 0 Å². The number of rotatable bonds is 6. The summed E-state index contributed by atoms with van der Waals surface area (Å²) in [5, 5.41) is 5.90. The lowest BCUT2D eigenvalue weighted by molar-refractivity contribution is -0.130. The monoisotopic (exact) mass is 417 g/mol. The van der Waals surface area contributed by atoms with Crippen molar-refractivity contribution in [2.24, 2.45) is 0 Å². The second-order valence-corrected chi connectivity index (χ2v) is 8.24. The number of carbonyl (C=O) groups excluding carboxylic acids is 2. The molecule has 1 saturated heterocycles. The zero-order valence-corrected chi connectivity index (χ0v) is 18.0. The van der Waals surface area contributed by atoms with Gasteiger partial charge in [0, 0.05) is 43.8 Å². The second kappa shape index (κ2) is 9.26. The number of piperidine rings is 1. The number of benzene rings is 1. The molecule has 156 valence electrons. The molecule has 1 aliphatic heterocycles. The lowest BCUT2D eigenvalue weighted by Crippen LogP contribution is -2.40. The molecule has 0 saturated carbocycles. The SMILES string of the molecule is COc1ccc(C(=O)N[C@@H](C)c2csc(C)n2)cc1OC1CCN(C(C)=O)CC1. The van der Waals surface area contributed by atoms with Crippen LogP contribution in [0.25, 0.3) is 0 Å². The molecule has 1 N–H and O–H groups in total. The summed E-state index contributed by atoms with van der Waals surface area (Å²) in [7, 11) is 1.58. The smallest absolute Gasteiger partial charge is 0.251 e. The number of ether oxygens (including phenoxy) is 2. The Morgan fingerprint density at radius 3 is 2.59 bits per heavy atom. The van der Waals surface area contributed by atoms with Crippen LogP contribution < -0.4 is 14.8 Å². The van der Waals surface area contributed by atoms with Gasteiger partial charge in [0.15, 0.2) is 11.5 Å². The van der Waals surface area contributed by atoms with Gasteiger partial charge in [0.1, 0.15) is 6.10 Å². The Morgan fingerprint density at radius 1 is 1.28 bits per heavy atom. The first-order valence-electron chi connectivity index (χ1n) is 9.70. The first kappa shape index (κ1) is 21.1. The zero-order valence-electron chi connectivity index (χ0n) is 17.2. The number of methoxy groups -OCH3 is 1. The van der Waals surface area contributed by atoms with Crippen molar-refractivity contribution in [3.8, 4) is 11.5 Å². The highest BCUT2D eigenvalue weighted by molar-refractivity contribution is 7.09. The van der Waals surface area contributed by atoms with Crippen LogP contribution in [-0.4, -0.2) is 48.0 Å². The normalized spacial score (nSPS) is 15.7. The number of aryl methyl sites for hydroxylation is 1. The molecule has 1 aromatic carbocycles. The molecule has 8 heteroatoms. The van der Waals surface area contributed by atoms with Gasteiger partial charge in [0.05, 0.1) is 23.9 Å². The number of hydrogen-bond acceptors (Lipinski definition) is 6. The minimum atomic E-state index is -0.193. The average Bonchev–Trinajstić information content (AvgIpc) is 3.15. The highest BCUT2D eigenvalue weighted by atomic mass is 32.1. The van der Waals surface area contributed by atoms with Gasteiger partial charge >= 0.3 is 0 Å². The predicted octanol–water partition coefficient (Wildman–Crippen LogP) is 3.34. The maximum Gasteiger partial charge on any atom is 0.251 e. The number of nitrogens with zero attached hydrogens (tertiary/aromatic N) is 2. The fraction of sp³-hybridized carbons (Fsp3) is 0.476. The summed E-state index contributed by atoms with van der Waals surface area (Å²) in [5.74, 6) is 1.02. The Balaban J connectivity index is 1.68. The van der Waals surface area contributed by atoms with Gasteiger partial charge in [-0.25, -0.2) is 4.98 Å². The van der Waals surface area contributed by atoms with Gasteiger partial charge in [-0.1, -0.05) is 0 Å². The van der Waals surface area contributed by atoms with E-state index in [9.17, 15) is 9.59 Å². The minimum Gasteiger partial charge on any atom is -0.493 e. The quantitative estimate of drug-likeness (QED) is 0.780.